The van der Waals surface area contributed by atoms with Crippen molar-refractivity contribution in [2.75, 3.05) is 0 Å². The van der Waals surface area contributed by atoms with Crippen molar-refractivity contribution in [3.05, 3.63) is 35.9 Å². The summed E-state index contributed by atoms with van der Waals surface area (Å²) in [6, 6.07) is 9.68. The number of carbonyl (C=O) groups is 2. The molecule has 2 N–H and O–H groups in total. The molecule has 1 aromatic carbocycles. The number of amides is 1. The molecule has 1 amide bonds. The van der Waals surface area contributed by atoms with Gasteiger partial charge in [-0.1, -0.05) is 44.2 Å². The molecule has 0 radical (unpaired) electrons. The Balaban J connectivity index is 2.59. The first-order valence-corrected chi connectivity index (χ1v) is 7.02. The van der Waals surface area contributed by atoms with Gasteiger partial charge in [0.2, 0.25) is 5.91 Å². The maximum atomic E-state index is 11.8. The van der Waals surface area contributed by atoms with Gasteiger partial charge in [-0.15, -0.1) is 0 Å². The molecular formula is C16H23NO3. The van der Waals surface area contributed by atoms with Crippen LogP contribution in [0.25, 0.3) is 0 Å². The molecule has 1 atom stereocenters. The molecule has 0 fully saturated rings. The van der Waals surface area contributed by atoms with Gasteiger partial charge in [-0.2, -0.15) is 0 Å². The van der Waals surface area contributed by atoms with Crippen molar-refractivity contribution >= 4 is 11.9 Å². The van der Waals surface area contributed by atoms with Crippen LogP contribution in [-0.4, -0.2) is 23.0 Å². The topological polar surface area (TPSA) is 66.4 Å². The van der Waals surface area contributed by atoms with Crippen molar-refractivity contribution in [1.29, 1.82) is 0 Å². The zero-order chi connectivity index (χ0) is 15.0. The maximum absolute atomic E-state index is 11.8. The van der Waals surface area contributed by atoms with Crippen LogP contribution in [-0.2, 0) is 16.0 Å². The first-order chi connectivity index (χ1) is 9.47. The molecule has 0 aromatic heterocycles. The van der Waals surface area contributed by atoms with E-state index >= 15 is 0 Å². The highest BCUT2D eigenvalue weighted by Gasteiger charge is 2.15. The van der Waals surface area contributed by atoms with Crippen LogP contribution in [0.2, 0.25) is 0 Å². The highest BCUT2D eigenvalue weighted by Crippen LogP contribution is 2.09. The highest BCUT2D eigenvalue weighted by molar-refractivity contribution is 5.76. The van der Waals surface area contributed by atoms with Gasteiger partial charge in [-0.25, -0.2) is 0 Å². The zero-order valence-corrected chi connectivity index (χ0v) is 12.1. The largest absolute Gasteiger partial charge is 0.481 e. The van der Waals surface area contributed by atoms with E-state index in [0.29, 0.717) is 25.2 Å². The fraction of sp³-hybridized carbons (Fsp3) is 0.500. The van der Waals surface area contributed by atoms with Crippen molar-refractivity contribution in [3.8, 4) is 0 Å². The van der Waals surface area contributed by atoms with Crippen molar-refractivity contribution in [1.82, 2.24) is 5.32 Å². The summed E-state index contributed by atoms with van der Waals surface area (Å²) in [5.74, 6) is -0.542. The molecular weight excluding hydrogens is 254 g/mol. The maximum Gasteiger partial charge on any atom is 0.303 e. The molecule has 0 aliphatic heterocycles. The molecule has 0 aliphatic rings. The van der Waals surface area contributed by atoms with Crippen LogP contribution in [0.5, 0.6) is 0 Å². The molecule has 1 rings (SSSR count). The number of benzene rings is 1. The first-order valence-electron chi connectivity index (χ1n) is 7.02. The van der Waals surface area contributed by atoms with E-state index in [-0.39, 0.29) is 18.4 Å². The molecule has 0 spiro atoms. The Labute approximate surface area is 120 Å². The minimum atomic E-state index is -0.832. The molecule has 0 bridgehead atoms. The molecule has 0 saturated heterocycles. The van der Waals surface area contributed by atoms with Gasteiger partial charge in [-0.3, -0.25) is 9.59 Å². The monoisotopic (exact) mass is 277 g/mol. The molecule has 0 saturated carbocycles. The smallest absolute Gasteiger partial charge is 0.303 e. The second-order valence-electron chi connectivity index (χ2n) is 5.48. The normalized spacial score (nSPS) is 12.2. The third kappa shape index (κ3) is 6.92. The first kappa shape index (κ1) is 16.2. The molecule has 20 heavy (non-hydrogen) atoms. The number of aliphatic carboxylic acids is 1. The van der Waals surface area contributed by atoms with Crippen LogP contribution in [0, 0.1) is 5.92 Å². The predicted octanol–water partition coefficient (Wildman–Crippen LogP) is 2.62. The quantitative estimate of drug-likeness (QED) is 0.767. The fourth-order valence-corrected chi connectivity index (χ4v) is 2.08. The van der Waals surface area contributed by atoms with Gasteiger partial charge < -0.3 is 10.4 Å². The second-order valence-corrected chi connectivity index (χ2v) is 5.48. The SMILES string of the molecule is CC(C)CC(=O)NC(CCC(=O)O)Cc1ccccc1. The lowest BCUT2D eigenvalue weighted by Crippen LogP contribution is -2.37. The highest BCUT2D eigenvalue weighted by atomic mass is 16.4. The van der Waals surface area contributed by atoms with E-state index in [4.69, 9.17) is 5.11 Å². The summed E-state index contributed by atoms with van der Waals surface area (Å²) in [4.78, 5) is 22.5. The number of hydrogen-bond acceptors (Lipinski definition) is 2. The summed E-state index contributed by atoms with van der Waals surface area (Å²) < 4.78 is 0. The van der Waals surface area contributed by atoms with Crippen molar-refractivity contribution in [3.63, 3.8) is 0 Å². The molecule has 1 unspecified atom stereocenters. The number of carboxylic acids is 1. The van der Waals surface area contributed by atoms with E-state index in [1.54, 1.807) is 0 Å². The molecule has 4 heteroatoms. The summed E-state index contributed by atoms with van der Waals surface area (Å²) >= 11 is 0. The van der Waals surface area contributed by atoms with E-state index in [2.05, 4.69) is 5.32 Å². The second kappa shape index (κ2) is 8.35. The summed E-state index contributed by atoms with van der Waals surface area (Å²) in [6.45, 7) is 3.98. The Kier molecular flexibility index (Phi) is 6.77. The van der Waals surface area contributed by atoms with Crippen molar-refractivity contribution in [2.24, 2.45) is 5.92 Å². The minimum Gasteiger partial charge on any atom is -0.481 e. The molecule has 0 heterocycles. The van der Waals surface area contributed by atoms with E-state index in [1.807, 2.05) is 44.2 Å². The zero-order valence-electron chi connectivity index (χ0n) is 12.1. The number of carbonyl (C=O) groups excluding carboxylic acids is 1. The van der Waals surface area contributed by atoms with E-state index in [0.717, 1.165) is 5.56 Å². The van der Waals surface area contributed by atoms with Gasteiger partial charge in [-0.05, 0) is 24.3 Å². The van der Waals surface area contributed by atoms with Crippen molar-refractivity contribution < 1.29 is 14.7 Å². The third-order valence-electron chi connectivity index (χ3n) is 2.99. The molecule has 4 nitrogen and oxygen atoms in total. The average Bonchev–Trinajstić information content (AvgIpc) is 2.36. The lowest BCUT2D eigenvalue weighted by Gasteiger charge is -2.19. The molecule has 110 valence electrons. The fourth-order valence-electron chi connectivity index (χ4n) is 2.08. The van der Waals surface area contributed by atoms with E-state index in [9.17, 15) is 9.59 Å². The van der Waals surface area contributed by atoms with Crippen LogP contribution in [0.3, 0.4) is 0 Å². The van der Waals surface area contributed by atoms with Crippen LogP contribution in [0.15, 0.2) is 30.3 Å². The Morgan fingerprint density at radius 3 is 2.40 bits per heavy atom. The van der Waals surface area contributed by atoms with Gasteiger partial charge in [0.15, 0.2) is 0 Å². The predicted molar refractivity (Wildman–Crippen MR) is 78.4 cm³/mol. The van der Waals surface area contributed by atoms with Gasteiger partial charge in [0.05, 0.1) is 0 Å². The number of hydrogen-bond donors (Lipinski definition) is 2. The summed E-state index contributed by atoms with van der Waals surface area (Å²) in [5.41, 5.74) is 1.10. The number of rotatable bonds is 8. The van der Waals surface area contributed by atoms with Gasteiger partial charge >= 0.3 is 5.97 Å². The van der Waals surface area contributed by atoms with Crippen LogP contribution in [0.1, 0.15) is 38.7 Å². The standard InChI is InChI=1S/C16H23NO3/c1-12(2)10-15(18)17-14(8-9-16(19)20)11-13-6-4-3-5-7-13/h3-7,12,14H,8-11H2,1-2H3,(H,17,18)(H,19,20). The van der Waals surface area contributed by atoms with Gasteiger partial charge in [0, 0.05) is 18.9 Å². The van der Waals surface area contributed by atoms with E-state index < -0.39 is 5.97 Å². The summed E-state index contributed by atoms with van der Waals surface area (Å²) in [5, 5.41) is 11.7. The molecule has 0 aliphatic carbocycles. The Morgan fingerprint density at radius 1 is 1.20 bits per heavy atom. The van der Waals surface area contributed by atoms with Crippen LogP contribution in [0.4, 0.5) is 0 Å². The van der Waals surface area contributed by atoms with Crippen LogP contribution >= 0.6 is 0 Å². The lowest BCUT2D eigenvalue weighted by molar-refractivity contribution is -0.137. The third-order valence-corrected chi connectivity index (χ3v) is 2.99. The number of carboxylic acid groups (broad SMARTS) is 1. The Morgan fingerprint density at radius 2 is 1.85 bits per heavy atom. The molecule has 1 aromatic rings. The average molecular weight is 277 g/mol. The lowest BCUT2D eigenvalue weighted by atomic mass is 10.0. The Bertz CT molecular complexity index is 429. The Hall–Kier alpha value is -1.84. The van der Waals surface area contributed by atoms with Crippen LogP contribution < -0.4 is 5.32 Å². The number of nitrogens with one attached hydrogen (secondary N) is 1. The minimum absolute atomic E-state index is 0.00804. The summed E-state index contributed by atoms with van der Waals surface area (Å²) in [6.07, 6.45) is 1.66. The van der Waals surface area contributed by atoms with Crippen molar-refractivity contribution in [2.45, 2.75) is 45.6 Å². The summed E-state index contributed by atoms with van der Waals surface area (Å²) in [7, 11) is 0. The van der Waals surface area contributed by atoms with Gasteiger partial charge in [0.25, 0.3) is 0 Å². The van der Waals surface area contributed by atoms with Gasteiger partial charge in [0.1, 0.15) is 0 Å². The van der Waals surface area contributed by atoms with E-state index in [1.165, 1.54) is 0 Å².